The Morgan fingerprint density at radius 2 is 2.00 bits per heavy atom. The lowest BCUT2D eigenvalue weighted by Crippen LogP contribution is -2.28. The number of ether oxygens (including phenoxy) is 1. The molecule has 4 aromatic heterocycles. The molecule has 170 valence electrons. The van der Waals surface area contributed by atoms with E-state index in [1.54, 1.807) is 59.9 Å². The molecular weight excluding hydrogens is 454 g/mol. The molecule has 0 radical (unpaired) electrons. The number of hydrogen-bond acceptors (Lipinski definition) is 6. The maximum absolute atomic E-state index is 13.1. The Morgan fingerprint density at radius 3 is 2.76 bits per heavy atom. The number of furan rings is 1. The van der Waals surface area contributed by atoms with Crippen molar-refractivity contribution >= 4 is 28.5 Å². The van der Waals surface area contributed by atoms with E-state index in [9.17, 15) is 4.79 Å². The first kappa shape index (κ1) is 21.7. The third kappa shape index (κ3) is 4.77. The van der Waals surface area contributed by atoms with Gasteiger partial charge in [0.05, 0.1) is 35.6 Å². The van der Waals surface area contributed by atoms with E-state index in [4.69, 9.17) is 25.7 Å². The molecule has 1 amide bonds. The zero-order chi connectivity index (χ0) is 23.3. The molecule has 0 aliphatic rings. The topological polar surface area (TPSA) is 95.1 Å². The molecule has 0 bridgehead atoms. The number of rotatable bonds is 8. The minimum absolute atomic E-state index is 0.241. The Balaban J connectivity index is 1.40. The van der Waals surface area contributed by atoms with Crippen LogP contribution in [-0.2, 0) is 6.54 Å². The SMILES string of the molecule is O=C(NCCOc1ccc(Cl)cc1)c1cc(-c2cccnc2)nc2c1cnn2Cc1ccco1. The van der Waals surface area contributed by atoms with Crippen molar-refractivity contribution in [3.8, 4) is 17.0 Å². The molecule has 0 aliphatic carbocycles. The fourth-order valence-electron chi connectivity index (χ4n) is 3.52. The zero-order valence-corrected chi connectivity index (χ0v) is 18.8. The number of pyridine rings is 2. The summed E-state index contributed by atoms with van der Waals surface area (Å²) >= 11 is 5.89. The summed E-state index contributed by atoms with van der Waals surface area (Å²) in [5, 5.41) is 8.66. The molecule has 5 aromatic rings. The Labute approximate surface area is 200 Å². The molecule has 0 aliphatic heterocycles. The van der Waals surface area contributed by atoms with Gasteiger partial charge in [0.1, 0.15) is 24.7 Å². The minimum Gasteiger partial charge on any atom is -0.492 e. The number of benzene rings is 1. The molecule has 1 aromatic carbocycles. The summed E-state index contributed by atoms with van der Waals surface area (Å²) in [6.45, 7) is 1.04. The molecule has 0 unspecified atom stereocenters. The summed E-state index contributed by atoms with van der Waals surface area (Å²) in [5.74, 6) is 1.18. The van der Waals surface area contributed by atoms with Crippen LogP contribution in [-0.4, -0.2) is 38.8 Å². The Bertz CT molecular complexity index is 1400. The molecule has 0 atom stereocenters. The molecule has 8 nitrogen and oxygen atoms in total. The fourth-order valence-corrected chi connectivity index (χ4v) is 3.65. The van der Waals surface area contributed by atoms with Crippen LogP contribution in [0.4, 0.5) is 0 Å². The molecule has 34 heavy (non-hydrogen) atoms. The van der Waals surface area contributed by atoms with Gasteiger partial charge in [-0.2, -0.15) is 5.10 Å². The van der Waals surface area contributed by atoms with Gasteiger partial charge in [-0.25, -0.2) is 9.67 Å². The molecule has 4 heterocycles. The lowest BCUT2D eigenvalue weighted by Gasteiger charge is -2.10. The normalized spacial score (nSPS) is 11.0. The van der Waals surface area contributed by atoms with Gasteiger partial charge in [-0.15, -0.1) is 0 Å². The smallest absolute Gasteiger partial charge is 0.252 e. The number of carbonyl (C=O) groups is 1. The first-order valence-corrected chi connectivity index (χ1v) is 11.0. The third-order valence-electron chi connectivity index (χ3n) is 5.17. The molecular formula is C25H20ClN5O3. The van der Waals surface area contributed by atoms with Crippen molar-refractivity contribution < 1.29 is 13.9 Å². The number of nitrogens with one attached hydrogen (secondary N) is 1. The van der Waals surface area contributed by atoms with Crippen molar-refractivity contribution in [3.63, 3.8) is 0 Å². The van der Waals surface area contributed by atoms with Crippen molar-refractivity contribution in [1.29, 1.82) is 0 Å². The number of halogens is 1. The predicted octanol–water partition coefficient (Wildman–Crippen LogP) is 4.60. The van der Waals surface area contributed by atoms with Gasteiger partial charge in [0.2, 0.25) is 0 Å². The van der Waals surface area contributed by atoms with Gasteiger partial charge in [-0.05, 0) is 54.6 Å². The van der Waals surface area contributed by atoms with Gasteiger partial charge in [-0.3, -0.25) is 9.78 Å². The van der Waals surface area contributed by atoms with E-state index >= 15 is 0 Å². The summed E-state index contributed by atoms with van der Waals surface area (Å²) in [7, 11) is 0. The summed E-state index contributed by atoms with van der Waals surface area (Å²) < 4.78 is 12.8. The van der Waals surface area contributed by atoms with Gasteiger partial charge in [0.15, 0.2) is 5.65 Å². The maximum atomic E-state index is 13.1. The van der Waals surface area contributed by atoms with Crippen LogP contribution >= 0.6 is 11.6 Å². The third-order valence-corrected chi connectivity index (χ3v) is 5.42. The fraction of sp³-hybridized carbons (Fsp3) is 0.120. The maximum Gasteiger partial charge on any atom is 0.252 e. The molecule has 0 saturated carbocycles. The lowest BCUT2D eigenvalue weighted by molar-refractivity contribution is 0.0948. The highest BCUT2D eigenvalue weighted by Gasteiger charge is 2.18. The van der Waals surface area contributed by atoms with E-state index < -0.39 is 0 Å². The highest BCUT2D eigenvalue weighted by atomic mass is 35.5. The second-order valence-electron chi connectivity index (χ2n) is 7.47. The largest absolute Gasteiger partial charge is 0.492 e. The Morgan fingerprint density at radius 1 is 1.12 bits per heavy atom. The summed E-state index contributed by atoms with van der Waals surface area (Å²) in [4.78, 5) is 22.1. The van der Waals surface area contributed by atoms with Crippen LogP contribution in [0.25, 0.3) is 22.3 Å². The average molecular weight is 474 g/mol. The van der Waals surface area contributed by atoms with Gasteiger partial charge < -0.3 is 14.5 Å². The van der Waals surface area contributed by atoms with Gasteiger partial charge in [-0.1, -0.05) is 11.6 Å². The van der Waals surface area contributed by atoms with Gasteiger partial charge in [0, 0.05) is 23.0 Å². The van der Waals surface area contributed by atoms with E-state index in [-0.39, 0.29) is 5.91 Å². The Hall–Kier alpha value is -4.17. The van der Waals surface area contributed by atoms with Gasteiger partial charge >= 0.3 is 0 Å². The van der Waals surface area contributed by atoms with Crippen molar-refractivity contribution in [2.24, 2.45) is 0 Å². The van der Waals surface area contributed by atoms with E-state index in [0.29, 0.717) is 52.8 Å². The second-order valence-corrected chi connectivity index (χ2v) is 7.91. The number of carbonyl (C=O) groups excluding carboxylic acids is 1. The van der Waals surface area contributed by atoms with Crippen LogP contribution < -0.4 is 10.1 Å². The molecule has 1 N–H and O–H groups in total. The average Bonchev–Trinajstić information content (AvgIpc) is 3.53. The van der Waals surface area contributed by atoms with Crippen LogP contribution in [0.2, 0.25) is 5.02 Å². The highest BCUT2D eigenvalue weighted by molar-refractivity contribution is 6.30. The Kier molecular flexibility index (Phi) is 6.22. The number of nitrogens with zero attached hydrogens (tertiary/aromatic N) is 4. The van der Waals surface area contributed by atoms with Crippen LogP contribution in [0.1, 0.15) is 16.1 Å². The predicted molar refractivity (Wildman–Crippen MR) is 128 cm³/mol. The molecule has 0 spiro atoms. The highest BCUT2D eigenvalue weighted by Crippen LogP contribution is 2.25. The summed E-state index contributed by atoms with van der Waals surface area (Å²) in [6.07, 6.45) is 6.67. The van der Waals surface area contributed by atoms with Crippen LogP contribution in [0.3, 0.4) is 0 Å². The molecule has 0 fully saturated rings. The number of fused-ring (bicyclic) bond motifs is 1. The summed E-state index contributed by atoms with van der Waals surface area (Å²) in [6, 6.07) is 16.2. The van der Waals surface area contributed by atoms with Crippen LogP contribution in [0.15, 0.2) is 83.9 Å². The number of hydrogen-bond donors (Lipinski definition) is 1. The van der Waals surface area contributed by atoms with Crippen molar-refractivity contribution in [1.82, 2.24) is 25.1 Å². The van der Waals surface area contributed by atoms with Crippen molar-refractivity contribution in [3.05, 3.63) is 95.8 Å². The van der Waals surface area contributed by atoms with Crippen LogP contribution in [0, 0.1) is 0 Å². The number of aromatic nitrogens is 4. The first-order chi connectivity index (χ1) is 16.7. The first-order valence-electron chi connectivity index (χ1n) is 10.6. The minimum atomic E-state index is -0.241. The molecule has 0 saturated heterocycles. The standard InChI is InChI=1S/C25H20ClN5O3/c26-18-5-7-19(8-6-18)34-12-10-28-25(32)21-13-23(17-3-1-9-27-14-17)30-24-22(21)15-29-31(24)16-20-4-2-11-33-20/h1-9,11,13-15H,10,12,16H2,(H,28,32). The van der Waals surface area contributed by atoms with E-state index in [0.717, 1.165) is 11.3 Å². The van der Waals surface area contributed by atoms with Crippen molar-refractivity contribution in [2.45, 2.75) is 6.54 Å². The second kappa shape index (κ2) is 9.76. The molecule has 5 rings (SSSR count). The quantitative estimate of drug-likeness (QED) is 0.331. The van der Waals surface area contributed by atoms with Crippen molar-refractivity contribution in [2.75, 3.05) is 13.2 Å². The van der Waals surface area contributed by atoms with E-state index in [2.05, 4.69) is 15.4 Å². The van der Waals surface area contributed by atoms with Gasteiger partial charge in [0.25, 0.3) is 5.91 Å². The zero-order valence-electron chi connectivity index (χ0n) is 18.0. The molecule has 9 heteroatoms. The van der Waals surface area contributed by atoms with E-state index in [1.165, 1.54) is 0 Å². The van der Waals surface area contributed by atoms with Crippen LogP contribution in [0.5, 0.6) is 5.75 Å². The monoisotopic (exact) mass is 473 g/mol. The number of amides is 1. The lowest BCUT2D eigenvalue weighted by atomic mass is 10.1. The summed E-state index contributed by atoms with van der Waals surface area (Å²) in [5.41, 5.74) is 2.49. The van der Waals surface area contributed by atoms with E-state index in [1.807, 2.05) is 24.3 Å².